The topological polar surface area (TPSA) is 26.0 Å². The van der Waals surface area contributed by atoms with Crippen molar-refractivity contribution in [2.45, 2.75) is 32.7 Å². The highest BCUT2D eigenvalue weighted by molar-refractivity contribution is 5.23. The molecule has 1 rings (SSSR count). The third-order valence-electron chi connectivity index (χ3n) is 3.03. The van der Waals surface area contributed by atoms with E-state index in [-0.39, 0.29) is 5.54 Å². The molecule has 0 heterocycles. The summed E-state index contributed by atoms with van der Waals surface area (Å²) in [5, 5.41) is 0. The van der Waals surface area contributed by atoms with Crippen LogP contribution in [0, 0.1) is 5.92 Å². The van der Waals surface area contributed by atoms with Gasteiger partial charge in [0.15, 0.2) is 0 Å². The average molecular weight is 177 g/mol. The van der Waals surface area contributed by atoms with Gasteiger partial charge in [-0.05, 0) is 18.4 Å². The Hall–Kier alpha value is -0.820. The van der Waals surface area contributed by atoms with E-state index in [9.17, 15) is 0 Å². The van der Waals surface area contributed by atoms with Crippen LogP contribution in [0.2, 0.25) is 0 Å². The molecule has 1 heteroatoms. The van der Waals surface area contributed by atoms with Gasteiger partial charge in [-0.3, -0.25) is 0 Å². The van der Waals surface area contributed by atoms with Crippen molar-refractivity contribution in [3.05, 3.63) is 35.9 Å². The van der Waals surface area contributed by atoms with Gasteiger partial charge in [-0.25, -0.2) is 0 Å². The van der Waals surface area contributed by atoms with E-state index in [1.807, 2.05) is 18.2 Å². The van der Waals surface area contributed by atoms with E-state index in [4.69, 9.17) is 5.73 Å². The SMILES string of the molecule is CCC(C)C(C)(N)c1ccccc1. The zero-order chi connectivity index (χ0) is 9.90. The van der Waals surface area contributed by atoms with Gasteiger partial charge in [0.2, 0.25) is 0 Å². The highest BCUT2D eigenvalue weighted by Gasteiger charge is 2.26. The zero-order valence-electron chi connectivity index (χ0n) is 8.75. The average Bonchev–Trinajstić information content (AvgIpc) is 2.18. The van der Waals surface area contributed by atoms with Crippen molar-refractivity contribution in [1.29, 1.82) is 0 Å². The van der Waals surface area contributed by atoms with E-state index in [2.05, 4.69) is 32.9 Å². The minimum absolute atomic E-state index is 0.198. The van der Waals surface area contributed by atoms with Gasteiger partial charge < -0.3 is 5.73 Å². The van der Waals surface area contributed by atoms with Gasteiger partial charge in [-0.2, -0.15) is 0 Å². The molecule has 2 unspecified atom stereocenters. The first-order valence-electron chi connectivity index (χ1n) is 4.93. The van der Waals surface area contributed by atoms with E-state index >= 15 is 0 Å². The van der Waals surface area contributed by atoms with Crippen LogP contribution >= 0.6 is 0 Å². The molecular weight excluding hydrogens is 158 g/mol. The number of nitrogens with two attached hydrogens (primary N) is 1. The lowest BCUT2D eigenvalue weighted by atomic mass is 9.80. The molecule has 0 spiro atoms. The molecule has 0 fully saturated rings. The molecule has 0 aliphatic carbocycles. The van der Waals surface area contributed by atoms with Gasteiger partial charge in [0.05, 0.1) is 0 Å². The summed E-state index contributed by atoms with van der Waals surface area (Å²) in [7, 11) is 0. The Bertz CT molecular complexity index is 251. The minimum Gasteiger partial charge on any atom is -0.321 e. The van der Waals surface area contributed by atoms with Crippen molar-refractivity contribution in [2.75, 3.05) is 0 Å². The summed E-state index contributed by atoms with van der Waals surface area (Å²) in [6, 6.07) is 10.3. The van der Waals surface area contributed by atoms with Crippen LogP contribution in [0.25, 0.3) is 0 Å². The molecule has 1 nitrogen and oxygen atoms in total. The van der Waals surface area contributed by atoms with Gasteiger partial charge in [0.1, 0.15) is 0 Å². The maximum Gasteiger partial charge on any atom is 0.0406 e. The summed E-state index contributed by atoms with van der Waals surface area (Å²) < 4.78 is 0. The predicted molar refractivity (Wildman–Crippen MR) is 57.4 cm³/mol. The summed E-state index contributed by atoms with van der Waals surface area (Å²) in [5.41, 5.74) is 7.32. The lowest BCUT2D eigenvalue weighted by molar-refractivity contribution is 0.316. The number of hydrogen-bond acceptors (Lipinski definition) is 1. The monoisotopic (exact) mass is 177 g/mol. The van der Waals surface area contributed by atoms with Crippen molar-refractivity contribution in [2.24, 2.45) is 11.7 Å². The van der Waals surface area contributed by atoms with E-state index < -0.39 is 0 Å². The first-order valence-corrected chi connectivity index (χ1v) is 4.93. The summed E-state index contributed by atoms with van der Waals surface area (Å²) in [6.45, 7) is 6.49. The van der Waals surface area contributed by atoms with Crippen LogP contribution in [0.5, 0.6) is 0 Å². The van der Waals surface area contributed by atoms with E-state index in [1.165, 1.54) is 5.56 Å². The second-order valence-electron chi connectivity index (χ2n) is 3.96. The van der Waals surface area contributed by atoms with Crippen molar-refractivity contribution >= 4 is 0 Å². The van der Waals surface area contributed by atoms with Crippen LogP contribution < -0.4 is 5.73 Å². The Morgan fingerprint density at radius 2 is 1.85 bits per heavy atom. The highest BCUT2D eigenvalue weighted by atomic mass is 14.7. The number of rotatable bonds is 3. The van der Waals surface area contributed by atoms with Crippen molar-refractivity contribution in [3.8, 4) is 0 Å². The van der Waals surface area contributed by atoms with Crippen LogP contribution in [0.4, 0.5) is 0 Å². The Morgan fingerprint density at radius 3 is 2.31 bits per heavy atom. The Balaban J connectivity index is 2.93. The van der Waals surface area contributed by atoms with E-state index in [0.29, 0.717) is 5.92 Å². The molecule has 0 aliphatic rings. The van der Waals surface area contributed by atoms with Gasteiger partial charge >= 0.3 is 0 Å². The molecule has 0 amide bonds. The first-order chi connectivity index (χ1) is 6.09. The summed E-state index contributed by atoms with van der Waals surface area (Å²) in [5.74, 6) is 0.509. The maximum atomic E-state index is 6.29. The molecule has 0 saturated carbocycles. The largest absolute Gasteiger partial charge is 0.321 e. The fraction of sp³-hybridized carbons (Fsp3) is 0.500. The van der Waals surface area contributed by atoms with Crippen molar-refractivity contribution < 1.29 is 0 Å². The third kappa shape index (κ3) is 2.10. The quantitative estimate of drug-likeness (QED) is 0.754. The molecular formula is C12H19N. The smallest absolute Gasteiger partial charge is 0.0406 e. The van der Waals surface area contributed by atoms with Gasteiger partial charge in [-0.1, -0.05) is 50.6 Å². The standard InChI is InChI=1S/C12H19N/c1-4-10(2)12(3,13)11-8-6-5-7-9-11/h5-10H,4,13H2,1-3H3. The molecule has 72 valence electrons. The number of hydrogen-bond donors (Lipinski definition) is 1. The summed E-state index contributed by atoms with van der Waals surface area (Å²) in [4.78, 5) is 0. The fourth-order valence-corrected chi connectivity index (χ4v) is 1.51. The normalized spacial score (nSPS) is 17.8. The van der Waals surface area contributed by atoms with Crippen LogP contribution in [0.1, 0.15) is 32.8 Å². The maximum absolute atomic E-state index is 6.29. The van der Waals surface area contributed by atoms with Gasteiger partial charge in [0, 0.05) is 5.54 Å². The summed E-state index contributed by atoms with van der Waals surface area (Å²) >= 11 is 0. The fourth-order valence-electron chi connectivity index (χ4n) is 1.51. The molecule has 2 atom stereocenters. The Kier molecular flexibility index (Phi) is 3.10. The van der Waals surface area contributed by atoms with Crippen molar-refractivity contribution in [1.82, 2.24) is 0 Å². The highest BCUT2D eigenvalue weighted by Crippen LogP contribution is 2.28. The predicted octanol–water partition coefficient (Wildman–Crippen LogP) is 2.91. The lowest BCUT2D eigenvalue weighted by Gasteiger charge is -2.31. The van der Waals surface area contributed by atoms with Gasteiger partial charge in [-0.15, -0.1) is 0 Å². The second-order valence-corrected chi connectivity index (χ2v) is 3.96. The number of benzene rings is 1. The molecule has 1 aromatic rings. The molecule has 0 bridgehead atoms. The summed E-state index contributed by atoms with van der Waals surface area (Å²) in [6.07, 6.45) is 1.11. The molecule has 2 N–H and O–H groups in total. The van der Waals surface area contributed by atoms with Crippen molar-refractivity contribution in [3.63, 3.8) is 0 Å². The van der Waals surface area contributed by atoms with Gasteiger partial charge in [0.25, 0.3) is 0 Å². The molecule has 0 aromatic heterocycles. The van der Waals surface area contributed by atoms with E-state index in [1.54, 1.807) is 0 Å². The zero-order valence-corrected chi connectivity index (χ0v) is 8.75. The van der Waals surface area contributed by atoms with Crippen LogP contribution in [-0.4, -0.2) is 0 Å². The molecule has 0 saturated heterocycles. The van der Waals surface area contributed by atoms with Crippen LogP contribution in [0.3, 0.4) is 0 Å². The molecule has 13 heavy (non-hydrogen) atoms. The molecule has 0 aliphatic heterocycles. The molecule has 1 aromatic carbocycles. The minimum atomic E-state index is -0.198. The Labute approximate surface area is 81.0 Å². The van der Waals surface area contributed by atoms with E-state index in [0.717, 1.165) is 6.42 Å². The Morgan fingerprint density at radius 1 is 1.31 bits per heavy atom. The second kappa shape index (κ2) is 3.93. The van der Waals surface area contributed by atoms with Crippen LogP contribution in [-0.2, 0) is 5.54 Å². The molecule has 0 radical (unpaired) electrons. The first kappa shape index (κ1) is 10.3. The van der Waals surface area contributed by atoms with Crippen LogP contribution in [0.15, 0.2) is 30.3 Å². The third-order valence-corrected chi connectivity index (χ3v) is 3.03. The lowest BCUT2D eigenvalue weighted by Crippen LogP contribution is -2.39.